The highest BCUT2D eigenvalue weighted by Crippen LogP contribution is 2.30. The van der Waals surface area contributed by atoms with Gasteiger partial charge in [-0.05, 0) is 22.6 Å². The predicted octanol–water partition coefficient (Wildman–Crippen LogP) is 1.84. The number of pyridine rings is 1. The van der Waals surface area contributed by atoms with Gasteiger partial charge in [0.15, 0.2) is 0 Å². The van der Waals surface area contributed by atoms with Crippen molar-refractivity contribution in [3.8, 4) is 0 Å². The molecule has 0 aromatic carbocycles. The van der Waals surface area contributed by atoms with Crippen molar-refractivity contribution in [3.05, 3.63) is 25.7 Å². The van der Waals surface area contributed by atoms with Crippen molar-refractivity contribution in [1.82, 2.24) is 4.98 Å². The van der Waals surface area contributed by atoms with Gasteiger partial charge in [-0.1, -0.05) is 0 Å². The number of nitrogens with one attached hydrogen (secondary N) is 1. The average molecular weight is 370 g/mol. The highest BCUT2D eigenvalue weighted by atomic mass is 127. The molecule has 0 atom stereocenters. The molecule has 84 valence electrons. The van der Waals surface area contributed by atoms with Crippen LogP contribution in [0.25, 0.3) is 0 Å². The second kappa shape index (κ2) is 4.34. The van der Waals surface area contributed by atoms with Gasteiger partial charge in [0, 0.05) is 16.7 Å². The monoisotopic (exact) mass is 369 g/mol. The second-order valence-corrected chi connectivity index (χ2v) is 6.08. The number of aromatic nitrogens is 1. The summed E-state index contributed by atoms with van der Waals surface area (Å²) in [6, 6.07) is 0.534. The number of aromatic amines is 1. The first kappa shape index (κ1) is 12.8. The molecule has 0 saturated heterocycles. The summed E-state index contributed by atoms with van der Waals surface area (Å²) in [4.78, 5) is 12.1. The summed E-state index contributed by atoms with van der Waals surface area (Å²) in [5.41, 5.74) is -1.59. The van der Waals surface area contributed by atoms with Crippen LogP contribution in [0.3, 0.4) is 0 Å². The minimum atomic E-state index is -4.36. The maximum atomic E-state index is 12.5. The highest BCUT2D eigenvalue weighted by molar-refractivity contribution is 14.1. The molecule has 0 radical (unpaired) electrons. The van der Waals surface area contributed by atoms with E-state index in [1.54, 1.807) is 0 Å². The molecule has 1 aromatic rings. The number of H-pyrrole nitrogens is 1. The maximum absolute atomic E-state index is 12.5. The predicted molar refractivity (Wildman–Crippen MR) is 57.8 cm³/mol. The third-order valence-electron chi connectivity index (χ3n) is 1.48. The smallest absolute Gasteiger partial charge is 0.267 e. The Morgan fingerprint density at radius 2 is 2.00 bits per heavy atom. The Balaban J connectivity index is 3.70. The average Bonchev–Trinajstić information content (AvgIpc) is 1.99. The number of hydrogen-bond acceptors (Lipinski definition) is 3. The summed E-state index contributed by atoms with van der Waals surface area (Å²) in [6.45, 7) is 0. The van der Waals surface area contributed by atoms with E-state index in [4.69, 9.17) is 10.7 Å². The zero-order chi connectivity index (χ0) is 11.8. The number of rotatable bonds is 2. The molecular weight excluding hydrogens is 366 g/mol. The largest absolute Gasteiger partial charge is 0.317 e. The molecule has 0 spiro atoms. The molecule has 0 fully saturated rings. The van der Waals surface area contributed by atoms with Gasteiger partial charge in [0.25, 0.3) is 15.5 Å². The van der Waals surface area contributed by atoms with Crippen molar-refractivity contribution in [2.45, 2.75) is 11.3 Å². The number of alkyl halides is 2. The quantitative estimate of drug-likeness (QED) is 0.491. The Bertz CT molecular complexity index is 542. The van der Waals surface area contributed by atoms with Gasteiger partial charge in [0.1, 0.15) is 0 Å². The van der Waals surface area contributed by atoms with Crippen molar-refractivity contribution in [3.63, 3.8) is 0 Å². The fourth-order valence-corrected chi connectivity index (χ4v) is 2.98. The Hall–Kier alpha value is -0.220. The maximum Gasteiger partial charge on any atom is 0.267 e. The number of halogens is 4. The van der Waals surface area contributed by atoms with Crippen LogP contribution in [0.5, 0.6) is 0 Å². The molecule has 0 aliphatic heterocycles. The summed E-state index contributed by atoms with van der Waals surface area (Å²) >= 11 is 1.41. The molecule has 1 rings (SSSR count). The van der Waals surface area contributed by atoms with Crippen molar-refractivity contribution in [2.24, 2.45) is 0 Å². The third kappa shape index (κ3) is 2.88. The molecule has 0 amide bonds. The Morgan fingerprint density at radius 3 is 2.40 bits per heavy atom. The topological polar surface area (TPSA) is 67.0 Å². The van der Waals surface area contributed by atoms with E-state index in [0.29, 0.717) is 6.07 Å². The minimum absolute atomic E-state index is 0.241. The van der Waals surface area contributed by atoms with Crippen molar-refractivity contribution < 1.29 is 17.2 Å². The van der Waals surface area contributed by atoms with Crippen LogP contribution in [0, 0.1) is 3.70 Å². The lowest BCUT2D eigenvalue weighted by Gasteiger charge is -2.06. The highest BCUT2D eigenvalue weighted by Gasteiger charge is 2.25. The van der Waals surface area contributed by atoms with E-state index in [9.17, 15) is 22.0 Å². The standard InChI is InChI=1S/C6H3ClF2INO3S/c7-15(13,14)2-1-3(12)11-6(10)4(2)5(8)9/h1,5H,(H,11,12). The first-order valence-corrected chi connectivity index (χ1v) is 6.78. The molecule has 9 heteroatoms. The van der Waals surface area contributed by atoms with Gasteiger partial charge in [0.05, 0.1) is 14.2 Å². The van der Waals surface area contributed by atoms with E-state index in [0.717, 1.165) is 0 Å². The van der Waals surface area contributed by atoms with Crippen LogP contribution in [-0.2, 0) is 9.05 Å². The molecule has 0 bridgehead atoms. The van der Waals surface area contributed by atoms with Gasteiger partial charge in [-0.2, -0.15) is 0 Å². The van der Waals surface area contributed by atoms with Crippen molar-refractivity contribution in [1.29, 1.82) is 0 Å². The molecule has 0 saturated carbocycles. The van der Waals surface area contributed by atoms with Gasteiger partial charge in [-0.3, -0.25) is 4.79 Å². The van der Waals surface area contributed by atoms with Crippen LogP contribution in [0.2, 0.25) is 0 Å². The van der Waals surface area contributed by atoms with Crippen LogP contribution in [0.4, 0.5) is 8.78 Å². The fraction of sp³-hybridized carbons (Fsp3) is 0.167. The van der Waals surface area contributed by atoms with E-state index in [1.165, 1.54) is 22.6 Å². The van der Waals surface area contributed by atoms with Crippen LogP contribution < -0.4 is 5.56 Å². The molecule has 0 aliphatic carbocycles. The van der Waals surface area contributed by atoms with Gasteiger partial charge in [-0.15, -0.1) is 0 Å². The minimum Gasteiger partial charge on any atom is -0.317 e. The van der Waals surface area contributed by atoms with Crippen LogP contribution >= 0.6 is 33.3 Å². The van der Waals surface area contributed by atoms with Crippen molar-refractivity contribution in [2.75, 3.05) is 0 Å². The summed E-state index contributed by atoms with van der Waals surface area (Å²) in [5.74, 6) is 0. The van der Waals surface area contributed by atoms with Crippen molar-refractivity contribution >= 4 is 42.3 Å². The van der Waals surface area contributed by atoms with Gasteiger partial charge >= 0.3 is 0 Å². The second-order valence-electron chi connectivity index (χ2n) is 2.46. The van der Waals surface area contributed by atoms with Crippen LogP contribution in [0.15, 0.2) is 15.8 Å². The lowest BCUT2D eigenvalue weighted by atomic mass is 10.3. The van der Waals surface area contributed by atoms with Crippen LogP contribution in [-0.4, -0.2) is 13.4 Å². The lowest BCUT2D eigenvalue weighted by molar-refractivity contribution is 0.146. The first-order chi connectivity index (χ1) is 6.73. The van der Waals surface area contributed by atoms with E-state index in [1.807, 2.05) is 0 Å². The summed E-state index contributed by atoms with van der Waals surface area (Å²) < 4.78 is 46.6. The summed E-state index contributed by atoms with van der Waals surface area (Å²) in [5, 5.41) is 0. The Morgan fingerprint density at radius 1 is 1.47 bits per heavy atom. The molecule has 1 aromatic heterocycles. The van der Waals surface area contributed by atoms with Crippen LogP contribution in [0.1, 0.15) is 12.0 Å². The van der Waals surface area contributed by atoms with Gasteiger partial charge in [0.2, 0.25) is 5.56 Å². The number of hydrogen-bond donors (Lipinski definition) is 1. The third-order valence-corrected chi connectivity index (χ3v) is 3.69. The molecule has 1 N–H and O–H groups in total. The van der Waals surface area contributed by atoms with Gasteiger partial charge in [-0.25, -0.2) is 17.2 Å². The molecule has 0 aliphatic rings. The van der Waals surface area contributed by atoms with E-state index in [-0.39, 0.29) is 3.70 Å². The fourth-order valence-electron chi connectivity index (χ4n) is 0.922. The zero-order valence-corrected chi connectivity index (χ0v) is 10.5. The SMILES string of the molecule is O=c1cc(S(=O)(=O)Cl)c(C(F)F)c(I)[nH]1. The van der Waals surface area contributed by atoms with Gasteiger partial charge < -0.3 is 4.98 Å². The lowest BCUT2D eigenvalue weighted by Crippen LogP contribution is -2.13. The molecule has 0 unspecified atom stereocenters. The molecular formula is C6H3ClF2INO3S. The Kier molecular flexibility index (Phi) is 3.71. The Labute approximate surface area is 101 Å². The van der Waals surface area contributed by atoms with E-state index >= 15 is 0 Å². The normalized spacial score (nSPS) is 12.1. The zero-order valence-electron chi connectivity index (χ0n) is 6.80. The first-order valence-electron chi connectivity index (χ1n) is 3.39. The molecule has 1 heterocycles. The summed E-state index contributed by atoms with van der Waals surface area (Å²) in [7, 11) is 0.578. The molecule has 4 nitrogen and oxygen atoms in total. The molecule has 15 heavy (non-hydrogen) atoms. The van der Waals surface area contributed by atoms with E-state index in [2.05, 4.69) is 4.98 Å². The van der Waals surface area contributed by atoms with E-state index < -0.39 is 31.5 Å². The summed E-state index contributed by atoms with van der Waals surface area (Å²) in [6.07, 6.45) is -3.03.